The number of anilines is 1. The first-order chi connectivity index (χ1) is 15.6. The summed E-state index contributed by atoms with van der Waals surface area (Å²) < 4.78 is 14.1. The Balaban J connectivity index is 1.81. The number of likely N-dealkylation sites (tertiary alicyclic amines) is 1. The van der Waals surface area contributed by atoms with Gasteiger partial charge in [0.05, 0.1) is 0 Å². The van der Waals surface area contributed by atoms with Gasteiger partial charge in [0.25, 0.3) is 0 Å². The van der Waals surface area contributed by atoms with E-state index in [0.717, 1.165) is 31.7 Å². The fourth-order valence-corrected chi connectivity index (χ4v) is 4.89. The average molecular weight is 454 g/mol. The van der Waals surface area contributed by atoms with E-state index in [1.54, 1.807) is 12.1 Å². The standard InChI is InChI=1S/C28H40FN3O/c1-20(2)15-32(28(33)21(3)4)18-24-17-31(16-22-10-12-26(13-11-22)30(5)6)19-27(24)23-8-7-9-25(29)14-23/h7-14,20-21,24,27H,15-19H2,1-6H3/t24-,27-/m1/s1. The van der Waals surface area contributed by atoms with Crippen LogP contribution < -0.4 is 4.90 Å². The first-order valence-corrected chi connectivity index (χ1v) is 12.2. The van der Waals surface area contributed by atoms with Gasteiger partial charge in [0.1, 0.15) is 5.82 Å². The summed E-state index contributed by atoms with van der Waals surface area (Å²) in [5.41, 5.74) is 3.50. The van der Waals surface area contributed by atoms with E-state index in [9.17, 15) is 9.18 Å². The predicted molar refractivity (Wildman–Crippen MR) is 135 cm³/mol. The zero-order valence-corrected chi connectivity index (χ0v) is 21.1. The van der Waals surface area contributed by atoms with Crippen molar-refractivity contribution in [2.24, 2.45) is 17.8 Å². The molecule has 33 heavy (non-hydrogen) atoms. The molecule has 2 atom stereocenters. The molecule has 0 unspecified atom stereocenters. The van der Waals surface area contributed by atoms with E-state index in [1.807, 2.05) is 38.9 Å². The molecular weight excluding hydrogens is 413 g/mol. The van der Waals surface area contributed by atoms with Crippen LogP contribution in [-0.4, -0.2) is 56.0 Å². The molecule has 1 amide bonds. The van der Waals surface area contributed by atoms with Crippen molar-refractivity contribution >= 4 is 11.6 Å². The Morgan fingerprint density at radius 1 is 1.06 bits per heavy atom. The molecule has 0 aliphatic carbocycles. The Labute approximate surface area is 199 Å². The minimum atomic E-state index is -0.193. The molecule has 5 heteroatoms. The van der Waals surface area contributed by atoms with Crippen LogP contribution in [0.2, 0.25) is 0 Å². The lowest BCUT2D eigenvalue weighted by Crippen LogP contribution is -2.41. The van der Waals surface area contributed by atoms with Gasteiger partial charge in [0.15, 0.2) is 0 Å². The van der Waals surface area contributed by atoms with Gasteiger partial charge in [-0.1, -0.05) is 52.0 Å². The van der Waals surface area contributed by atoms with E-state index in [2.05, 4.69) is 47.9 Å². The van der Waals surface area contributed by atoms with Gasteiger partial charge in [-0.15, -0.1) is 0 Å². The second-order valence-electron chi connectivity index (χ2n) is 10.5. The quantitative estimate of drug-likeness (QED) is 0.519. The molecule has 2 aromatic rings. The normalized spacial score (nSPS) is 18.8. The maximum absolute atomic E-state index is 14.1. The van der Waals surface area contributed by atoms with Crippen LogP contribution in [0.25, 0.3) is 0 Å². The van der Waals surface area contributed by atoms with E-state index < -0.39 is 0 Å². The van der Waals surface area contributed by atoms with E-state index in [0.29, 0.717) is 12.5 Å². The van der Waals surface area contributed by atoms with Gasteiger partial charge in [-0.05, 0) is 47.2 Å². The van der Waals surface area contributed by atoms with Gasteiger partial charge < -0.3 is 9.80 Å². The Bertz CT molecular complexity index is 910. The number of halogens is 1. The molecule has 180 valence electrons. The highest BCUT2D eigenvalue weighted by molar-refractivity contribution is 5.78. The van der Waals surface area contributed by atoms with Crippen LogP contribution in [0.15, 0.2) is 48.5 Å². The predicted octanol–water partition coefficient (Wildman–Crippen LogP) is 5.25. The Kier molecular flexibility index (Phi) is 8.52. The molecule has 1 aliphatic heterocycles. The molecule has 3 rings (SSSR count). The van der Waals surface area contributed by atoms with Crippen LogP contribution in [0, 0.1) is 23.6 Å². The van der Waals surface area contributed by atoms with Crippen molar-refractivity contribution in [1.82, 2.24) is 9.80 Å². The van der Waals surface area contributed by atoms with E-state index in [4.69, 9.17) is 0 Å². The number of benzene rings is 2. The summed E-state index contributed by atoms with van der Waals surface area (Å²) in [7, 11) is 4.09. The molecule has 1 fully saturated rings. The van der Waals surface area contributed by atoms with Crippen LogP contribution in [0.5, 0.6) is 0 Å². The zero-order valence-electron chi connectivity index (χ0n) is 21.1. The fraction of sp³-hybridized carbons (Fsp3) is 0.536. The molecule has 4 nitrogen and oxygen atoms in total. The summed E-state index contributed by atoms with van der Waals surface area (Å²) in [6.45, 7) is 12.4. The van der Waals surface area contributed by atoms with Crippen molar-refractivity contribution in [1.29, 1.82) is 0 Å². The summed E-state index contributed by atoms with van der Waals surface area (Å²) in [4.78, 5) is 19.6. The summed E-state index contributed by atoms with van der Waals surface area (Å²) in [6, 6.07) is 15.7. The summed E-state index contributed by atoms with van der Waals surface area (Å²) in [5.74, 6) is 0.878. The lowest BCUT2D eigenvalue weighted by atomic mass is 9.88. The number of rotatable bonds is 9. The van der Waals surface area contributed by atoms with Crippen LogP contribution in [0.4, 0.5) is 10.1 Å². The number of carbonyl (C=O) groups excluding carboxylic acids is 1. The van der Waals surface area contributed by atoms with E-state index >= 15 is 0 Å². The monoisotopic (exact) mass is 453 g/mol. The van der Waals surface area contributed by atoms with Crippen molar-refractivity contribution in [3.8, 4) is 0 Å². The van der Waals surface area contributed by atoms with Crippen molar-refractivity contribution in [2.45, 2.75) is 40.2 Å². The summed E-state index contributed by atoms with van der Waals surface area (Å²) >= 11 is 0. The SMILES string of the molecule is CC(C)CN(C[C@H]1CN(Cc2ccc(N(C)C)cc2)C[C@@H]1c1cccc(F)c1)C(=O)C(C)C. The van der Waals surface area contributed by atoms with Crippen molar-refractivity contribution in [3.05, 3.63) is 65.5 Å². The number of amides is 1. The number of nitrogens with zero attached hydrogens (tertiary/aromatic N) is 3. The highest BCUT2D eigenvalue weighted by Gasteiger charge is 2.36. The Morgan fingerprint density at radius 2 is 1.76 bits per heavy atom. The molecule has 0 bridgehead atoms. The maximum Gasteiger partial charge on any atom is 0.225 e. The number of hydrogen-bond acceptors (Lipinski definition) is 3. The first-order valence-electron chi connectivity index (χ1n) is 12.2. The van der Waals surface area contributed by atoms with Gasteiger partial charge in [-0.25, -0.2) is 4.39 Å². The highest BCUT2D eigenvalue weighted by atomic mass is 19.1. The average Bonchev–Trinajstić information content (AvgIpc) is 3.14. The third kappa shape index (κ3) is 6.80. The molecule has 0 spiro atoms. The van der Waals surface area contributed by atoms with Crippen LogP contribution in [0.3, 0.4) is 0 Å². The fourth-order valence-electron chi connectivity index (χ4n) is 4.89. The largest absolute Gasteiger partial charge is 0.378 e. The van der Waals surface area contributed by atoms with Gasteiger partial charge in [0.2, 0.25) is 5.91 Å². The van der Waals surface area contributed by atoms with E-state index in [-0.39, 0.29) is 29.5 Å². The number of hydrogen-bond donors (Lipinski definition) is 0. The molecule has 1 saturated heterocycles. The van der Waals surface area contributed by atoms with Crippen LogP contribution >= 0.6 is 0 Å². The Morgan fingerprint density at radius 3 is 2.33 bits per heavy atom. The van der Waals surface area contributed by atoms with E-state index in [1.165, 1.54) is 17.3 Å². The second-order valence-corrected chi connectivity index (χ2v) is 10.5. The lowest BCUT2D eigenvalue weighted by Gasteiger charge is -2.31. The Hall–Kier alpha value is -2.40. The minimum Gasteiger partial charge on any atom is -0.378 e. The molecule has 2 aromatic carbocycles. The summed E-state index contributed by atoms with van der Waals surface area (Å²) in [5, 5.41) is 0. The summed E-state index contributed by atoms with van der Waals surface area (Å²) in [6.07, 6.45) is 0. The van der Waals surface area contributed by atoms with Crippen molar-refractivity contribution < 1.29 is 9.18 Å². The van der Waals surface area contributed by atoms with Crippen molar-refractivity contribution in [2.75, 3.05) is 45.2 Å². The topological polar surface area (TPSA) is 26.8 Å². The van der Waals surface area contributed by atoms with Gasteiger partial charge in [0, 0.05) is 64.3 Å². The van der Waals surface area contributed by atoms with Gasteiger partial charge in [-0.3, -0.25) is 9.69 Å². The van der Waals surface area contributed by atoms with Crippen LogP contribution in [0.1, 0.15) is 44.7 Å². The molecule has 0 saturated carbocycles. The molecule has 1 heterocycles. The third-order valence-electron chi connectivity index (χ3n) is 6.50. The van der Waals surface area contributed by atoms with Crippen LogP contribution in [-0.2, 0) is 11.3 Å². The highest BCUT2D eigenvalue weighted by Crippen LogP contribution is 2.35. The lowest BCUT2D eigenvalue weighted by molar-refractivity contribution is -0.135. The molecular formula is C28H40FN3O. The molecule has 0 aromatic heterocycles. The number of carbonyl (C=O) groups is 1. The molecule has 1 aliphatic rings. The molecule has 0 N–H and O–H groups in total. The second kappa shape index (κ2) is 11.1. The van der Waals surface area contributed by atoms with Gasteiger partial charge in [-0.2, -0.15) is 0 Å². The first kappa shape index (κ1) is 25.2. The van der Waals surface area contributed by atoms with Crippen molar-refractivity contribution in [3.63, 3.8) is 0 Å². The third-order valence-corrected chi connectivity index (χ3v) is 6.50. The zero-order chi connectivity index (χ0) is 24.1. The van der Waals surface area contributed by atoms with Gasteiger partial charge >= 0.3 is 0 Å². The smallest absolute Gasteiger partial charge is 0.225 e. The minimum absolute atomic E-state index is 0.0240. The maximum atomic E-state index is 14.1. The molecule has 0 radical (unpaired) electrons.